The zero-order chi connectivity index (χ0) is 11.4. The van der Waals surface area contributed by atoms with Gasteiger partial charge in [0.2, 0.25) is 0 Å². The molecule has 2 aromatic rings. The molecule has 2 heterocycles. The van der Waals surface area contributed by atoms with E-state index in [1.807, 2.05) is 31.3 Å². The summed E-state index contributed by atoms with van der Waals surface area (Å²) in [7, 11) is 2.02. The van der Waals surface area contributed by atoms with Crippen LogP contribution in [0.4, 0.5) is 0 Å². The summed E-state index contributed by atoms with van der Waals surface area (Å²) in [6.07, 6.45) is 1.68. The molecule has 0 fully saturated rings. The normalized spacial score (nSPS) is 10.9. The third-order valence-electron chi connectivity index (χ3n) is 2.21. The van der Waals surface area contributed by atoms with Gasteiger partial charge in [-0.25, -0.2) is 4.98 Å². The van der Waals surface area contributed by atoms with Gasteiger partial charge in [-0.2, -0.15) is 0 Å². The Kier molecular flexibility index (Phi) is 3.59. The van der Waals surface area contributed by atoms with Crippen molar-refractivity contribution in [1.82, 2.24) is 9.88 Å². The van der Waals surface area contributed by atoms with E-state index < -0.39 is 0 Å². The molecular formula is C12H13ClN2O. The molecule has 16 heavy (non-hydrogen) atoms. The second-order valence-corrected chi connectivity index (χ2v) is 4.09. The Bertz CT molecular complexity index is 442. The first-order valence-electron chi connectivity index (χ1n) is 5.06. The smallest absolute Gasteiger partial charge is 0.129 e. The topological polar surface area (TPSA) is 29.3 Å². The SMILES string of the molecule is CN(Cc1cccc(Cl)n1)Cc1ccco1. The number of furan rings is 1. The standard InChI is InChI=1S/C12H13ClN2O/c1-15(9-11-5-3-7-16-11)8-10-4-2-6-12(13)14-10/h2-7H,8-9H2,1H3. The van der Waals surface area contributed by atoms with Crippen LogP contribution >= 0.6 is 11.6 Å². The Hall–Kier alpha value is -1.32. The molecule has 0 N–H and O–H groups in total. The van der Waals surface area contributed by atoms with Crippen LogP contribution in [-0.4, -0.2) is 16.9 Å². The zero-order valence-corrected chi connectivity index (χ0v) is 9.81. The van der Waals surface area contributed by atoms with Crippen molar-refractivity contribution in [3.8, 4) is 0 Å². The minimum Gasteiger partial charge on any atom is -0.468 e. The van der Waals surface area contributed by atoms with E-state index in [1.54, 1.807) is 12.3 Å². The largest absolute Gasteiger partial charge is 0.468 e. The Morgan fingerprint density at radius 1 is 1.25 bits per heavy atom. The van der Waals surface area contributed by atoms with E-state index in [9.17, 15) is 0 Å². The van der Waals surface area contributed by atoms with E-state index in [0.29, 0.717) is 5.15 Å². The van der Waals surface area contributed by atoms with E-state index in [0.717, 1.165) is 24.5 Å². The highest BCUT2D eigenvalue weighted by Crippen LogP contribution is 2.09. The number of hydrogen-bond donors (Lipinski definition) is 0. The van der Waals surface area contributed by atoms with Crippen molar-refractivity contribution < 1.29 is 4.42 Å². The molecule has 0 aromatic carbocycles. The maximum Gasteiger partial charge on any atom is 0.129 e. The van der Waals surface area contributed by atoms with E-state index in [-0.39, 0.29) is 0 Å². The van der Waals surface area contributed by atoms with Gasteiger partial charge in [-0.05, 0) is 31.3 Å². The second-order valence-electron chi connectivity index (χ2n) is 3.70. The molecule has 4 heteroatoms. The fourth-order valence-corrected chi connectivity index (χ4v) is 1.72. The number of aromatic nitrogens is 1. The molecule has 2 aromatic heterocycles. The summed E-state index contributed by atoms with van der Waals surface area (Å²) in [6, 6.07) is 9.50. The van der Waals surface area contributed by atoms with E-state index in [1.165, 1.54) is 0 Å². The van der Waals surface area contributed by atoms with Gasteiger partial charge in [0.25, 0.3) is 0 Å². The third-order valence-corrected chi connectivity index (χ3v) is 2.42. The molecule has 0 amide bonds. The van der Waals surface area contributed by atoms with Gasteiger partial charge in [-0.3, -0.25) is 4.90 Å². The Morgan fingerprint density at radius 3 is 2.81 bits per heavy atom. The number of nitrogens with zero attached hydrogens (tertiary/aromatic N) is 2. The van der Waals surface area contributed by atoms with E-state index in [2.05, 4.69) is 9.88 Å². The van der Waals surface area contributed by atoms with Crippen molar-refractivity contribution in [3.63, 3.8) is 0 Å². The first-order valence-corrected chi connectivity index (χ1v) is 5.44. The number of halogens is 1. The quantitative estimate of drug-likeness (QED) is 0.765. The number of pyridine rings is 1. The predicted molar refractivity (Wildman–Crippen MR) is 63.1 cm³/mol. The molecule has 0 atom stereocenters. The summed E-state index contributed by atoms with van der Waals surface area (Å²) in [5, 5.41) is 0.531. The van der Waals surface area contributed by atoms with Gasteiger partial charge in [0.05, 0.1) is 18.5 Å². The summed E-state index contributed by atoms with van der Waals surface area (Å²) in [6.45, 7) is 1.52. The molecule has 2 rings (SSSR count). The fourth-order valence-electron chi connectivity index (χ4n) is 1.54. The summed E-state index contributed by atoms with van der Waals surface area (Å²) in [5.41, 5.74) is 0.960. The van der Waals surface area contributed by atoms with Crippen LogP contribution in [0.3, 0.4) is 0 Å². The van der Waals surface area contributed by atoms with Gasteiger partial charge < -0.3 is 4.42 Å². The maximum absolute atomic E-state index is 5.82. The zero-order valence-electron chi connectivity index (χ0n) is 9.06. The lowest BCUT2D eigenvalue weighted by Crippen LogP contribution is -2.17. The van der Waals surface area contributed by atoms with Gasteiger partial charge in [0, 0.05) is 6.54 Å². The molecule has 0 aliphatic carbocycles. The number of rotatable bonds is 4. The maximum atomic E-state index is 5.82. The Balaban J connectivity index is 1.94. The van der Waals surface area contributed by atoms with Gasteiger partial charge in [-0.1, -0.05) is 17.7 Å². The number of hydrogen-bond acceptors (Lipinski definition) is 3. The van der Waals surface area contributed by atoms with Crippen LogP contribution < -0.4 is 0 Å². The molecule has 0 aliphatic heterocycles. The lowest BCUT2D eigenvalue weighted by molar-refractivity contribution is 0.285. The lowest BCUT2D eigenvalue weighted by atomic mass is 10.3. The highest BCUT2D eigenvalue weighted by molar-refractivity contribution is 6.29. The van der Waals surface area contributed by atoms with Crippen LogP contribution in [-0.2, 0) is 13.1 Å². The second kappa shape index (κ2) is 5.14. The highest BCUT2D eigenvalue weighted by atomic mass is 35.5. The summed E-state index contributed by atoms with van der Waals surface area (Å²) >= 11 is 5.82. The van der Waals surface area contributed by atoms with Crippen molar-refractivity contribution >= 4 is 11.6 Å². The van der Waals surface area contributed by atoms with Gasteiger partial charge in [0.15, 0.2) is 0 Å². The fraction of sp³-hybridized carbons (Fsp3) is 0.250. The van der Waals surface area contributed by atoms with Crippen LogP contribution in [0, 0.1) is 0 Å². The summed E-state index contributed by atoms with van der Waals surface area (Å²) in [4.78, 5) is 6.36. The molecule has 0 saturated carbocycles. The molecule has 0 spiro atoms. The molecule has 0 unspecified atom stereocenters. The van der Waals surface area contributed by atoms with Gasteiger partial charge >= 0.3 is 0 Å². The van der Waals surface area contributed by atoms with E-state index >= 15 is 0 Å². The van der Waals surface area contributed by atoms with Gasteiger partial charge in [0.1, 0.15) is 10.9 Å². The molecule has 0 radical (unpaired) electrons. The summed E-state index contributed by atoms with van der Waals surface area (Å²) < 4.78 is 5.28. The average Bonchev–Trinajstić information content (AvgIpc) is 2.70. The van der Waals surface area contributed by atoms with Crippen LogP contribution in [0.5, 0.6) is 0 Å². The van der Waals surface area contributed by atoms with Crippen LogP contribution in [0.1, 0.15) is 11.5 Å². The van der Waals surface area contributed by atoms with E-state index in [4.69, 9.17) is 16.0 Å². The van der Waals surface area contributed by atoms with Crippen molar-refractivity contribution in [2.24, 2.45) is 0 Å². The van der Waals surface area contributed by atoms with Crippen LogP contribution in [0.25, 0.3) is 0 Å². The molecule has 0 bridgehead atoms. The lowest BCUT2D eigenvalue weighted by Gasteiger charge is -2.14. The first-order chi connectivity index (χ1) is 7.74. The third kappa shape index (κ3) is 3.08. The van der Waals surface area contributed by atoms with Crippen molar-refractivity contribution in [2.75, 3.05) is 7.05 Å². The highest BCUT2D eigenvalue weighted by Gasteiger charge is 2.04. The summed E-state index contributed by atoms with van der Waals surface area (Å²) in [5.74, 6) is 0.949. The van der Waals surface area contributed by atoms with Crippen molar-refractivity contribution in [2.45, 2.75) is 13.1 Å². The monoisotopic (exact) mass is 236 g/mol. The van der Waals surface area contributed by atoms with Crippen LogP contribution in [0.2, 0.25) is 5.15 Å². The van der Waals surface area contributed by atoms with Gasteiger partial charge in [-0.15, -0.1) is 0 Å². The molecular weight excluding hydrogens is 224 g/mol. The molecule has 0 aliphatic rings. The Morgan fingerprint density at radius 2 is 2.12 bits per heavy atom. The predicted octanol–water partition coefficient (Wildman–Crippen LogP) is 2.96. The van der Waals surface area contributed by atoms with Crippen molar-refractivity contribution in [3.05, 3.63) is 53.2 Å². The molecule has 0 saturated heterocycles. The minimum absolute atomic E-state index is 0.531. The molecule has 84 valence electrons. The molecule has 3 nitrogen and oxygen atoms in total. The average molecular weight is 237 g/mol. The first kappa shape index (κ1) is 11.2. The minimum atomic E-state index is 0.531. The van der Waals surface area contributed by atoms with Crippen molar-refractivity contribution in [1.29, 1.82) is 0 Å². The Labute approximate surface area is 99.7 Å². The van der Waals surface area contributed by atoms with Crippen LogP contribution in [0.15, 0.2) is 41.0 Å².